The lowest BCUT2D eigenvalue weighted by Gasteiger charge is -2.13. The zero-order valence-electron chi connectivity index (χ0n) is 17.2. The van der Waals surface area contributed by atoms with Gasteiger partial charge in [0.1, 0.15) is 5.00 Å². The molecule has 0 radical (unpaired) electrons. The van der Waals surface area contributed by atoms with Crippen LogP contribution in [0.5, 0.6) is 11.5 Å². The highest BCUT2D eigenvalue weighted by atomic mass is 127. The maximum atomic E-state index is 13.1. The Morgan fingerprint density at radius 2 is 2.03 bits per heavy atom. The molecule has 0 saturated carbocycles. The van der Waals surface area contributed by atoms with Crippen molar-refractivity contribution in [1.29, 1.82) is 0 Å². The lowest BCUT2D eigenvalue weighted by Crippen LogP contribution is -2.24. The molecule has 1 amide bonds. The lowest BCUT2D eigenvalue weighted by atomic mass is 9.95. The van der Waals surface area contributed by atoms with Crippen molar-refractivity contribution < 1.29 is 14.6 Å². The number of thiophene rings is 1. The van der Waals surface area contributed by atoms with Gasteiger partial charge in [0.05, 0.1) is 16.2 Å². The van der Waals surface area contributed by atoms with E-state index in [4.69, 9.17) is 9.73 Å². The zero-order chi connectivity index (χ0) is 21.8. The quantitative estimate of drug-likeness (QED) is 0.311. The van der Waals surface area contributed by atoms with Gasteiger partial charge in [-0.2, -0.15) is 0 Å². The summed E-state index contributed by atoms with van der Waals surface area (Å²) in [5.41, 5.74) is 3.72. The summed E-state index contributed by atoms with van der Waals surface area (Å²) >= 11 is 3.67. The van der Waals surface area contributed by atoms with Crippen molar-refractivity contribution in [3.8, 4) is 11.5 Å². The van der Waals surface area contributed by atoms with Gasteiger partial charge in [0, 0.05) is 17.6 Å². The number of fused-ring (bicyclic) bond motifs is 1. The molecule has 7 heteroatoms. The van der Waals surface area contributed by atoms with E-state index in [-0.39, 0.29) is 11.7 Å². The van der Waals surface area contributed by atoms with Crippen LogP contribution in [0.25, 0.3) is 0 Å². The van der Waals surface area contributed by atoms with Crippen LogP contribution in [0.4, 0.5) is 5.00 Å². The molecule has 2 N–H and O–H groups in total. The summed E-state index contributed by atoms with van der Waals surface area (Å²) in [4.78, 5) is 19.1. The highest BCUT2D eigenvalue weighted by Gasteiger charge is 2.25. The van der Waals surface area contributed by atoms with Crippen LogP contribution in [-0.2, 0) is 19.4 Å². The Morgan fingerprint density at radius 3 is 2.81 bits per heavy atom. The standard InChI is InChI=1S/C24H23IN2O3S/c1-30-19-12-16(11-18(25)22(19)28)14-27-24-21(17-9-5-6-10-20(17)31-24)23(29)26-13-15-7-3-2-4-8-15/h2-4,7-8,11-12,14,28H,5-6,9-10,13H2,1H3,(H,26,29). The number of aryl methyl sites for hydroxylation is 1. The Bertz CT molecular complexity index is 1130. The maximum absolute atomic E-state index is 13.1. The number of phenols is 1. The Balaban J connectivity index is 1.63. The first kappa shape index (κ1) is 21.8. The number of nitrogens with zero attached hydrogens (tertiary/aromatic N) is 1. The molecule has 0 atom stereocenters. The van der Waals surface area contributed by atoms with Gasteiger partial charge >= 0.3 is 0 Å². The number of carbonyl (C=O) groups is 1. The molecule has 0 aliphatic heterocycles. The van der Waals surface area contributed by atoms with E-state index >= 15 is 0 Å². The van der Waals surface area contributed by atoms with Crippen molar-refractivity contribution in [2.45, 2.75) is 32.2 Å². The molecular formula is C24H23IN2O3S. The summed E-state index contributed by atoms with van der Waals surface area (Å²) in [6.07, 6.45) is 5.89. The smallest absolute Gasteiger partial charge is 0.254 e. The molecule has 4 rings (SSSR count). The molecule has 0 saturated heterocycles. The summed E-state index contributed by atoms with van der Waals surface area (Å²) in [5, 5.41) is 13.9. The van der Waals surface area contributed by atoms with E-state index in [0.717, 1.165) is 47.4 Å². The topological polar surface area (TPSA) is 70.9 Å². The Morgan fingerprint density at radius 1 is 1.26 bits per heavy atom. The average Bonchev–Trinajstić information content (AvgIpc) is 3.17. The van der Waals surface area contributed by atoms with E-state index in [1.807, 2.05) is 36.4 Å². The van der Waals surface area contributed by atoms with Gasteiger partial charge in [0.15, 0.2) is 11.5 Å². The van der Waals surface area contributed by atoms with Crippen LogP contribution in [0.3, 0.4) is 0 Å². The van der Waals surface area contributed by atoms with Crippen molar-refractivity contribution in [3.63, 3.8) is 0 Å². The van der Waals surface area contributed by atoms with Crippen molar-refractivity contribution >= 4 is 51.1 Å². The van der Waals surface area contributed by atoms with Crippen LogP contribution in [0.1, 0.15) is 44.8 Å². The highest BCUT2D eigenvalue weighted by Crippen LogP contribution is 2.40. The first-order valence-corrected chi connectivity index (χ1v) is 12.0. The van der Waals surface area contributed by atoms with Crippen molar-refractivity contribution in [2.24, 2.45) is 4.99 Å². The minimum absolute atomic E-state index is 0.0757. The molecule has 160 valence electrons. The fourth-order valence-electron chi connectivity index (χ4n) is 3.70. The van der Waals surface area contributed by atoms with Crippen LogP contribution < -0.4 is 10.1 Å². The number of halogens is 1. The van der Waals surface area contributed by atoms with Crippen LogP contribution in [0, 0.1) is 3.57 Å². The molecule has 1 aromatic heterocycles. The van der Waals surface area contributed by atoms with E-state index in [1.165, 1.54) is 12.0 Å². The number of ether oxygens (including phenoxy) is 1. The number of hydrogen-bond donors (Lipinski definition) is 2. The predicted octanol–water partition coefficient (Wildman–Crippen LogP) is 5.63. The fraction of sp³-hybridized carbons (Fsp3) is 0.250. The lowest BCUT2D eigenvalue weighted by molar-refractivity contribution is 0.0951. The third-order valence-electron chi connectivity index (χ3n) is 5.28. The molecule has 1 heterocycles. The number of amides is 1. The monoisotopic (exact) mass is 546 g/mol. The van der Waals surface area contributed by atoms with Crippen molar-refractivity contribution in [1.82, 2.24) is 5.32 Å². The molecule has 5 nitrogen and oxygen atoms in total. The number of nitrogens with one attached hydrogen (secondary N) is 1. The van der Waals surface area contributed by atoms with E-state index in [9.17, 15) is 9.90 Å². The largest absolute Gasteiger partial charge is 0.504 e. The molecule has 31 heavy (non-hydrogen) atoms. The molecule has 0 unspecified atom stereocenters. The number of aromatic hydroxyl groups is 1. The van der Waals surface area contributed by atoms with Crippen LogP contribution >= 0.6 is 33.9 Å². The summed E-state index contributed by atoms with van der Waals surface area (Å²) in [7, 11) is 1.52. The summed E-state index contributed by atoms with van der Waals surface area (Å²) in [6, 6.07) is 13.5. The molecule has 0 fully saturated rings. The maximum Gasteiger partial charge on any atom is 0.254 e. The zero-order valence-corrected chi connectivity index (χ0v) is 20.1. The third kappa shape index (κ3) is 4.93. The number of hydrogen-bond acceptors (Lipinski definition) is 5. The molecule has 3 aromatic rings. The second-order valence-corrected chi connectivity index (χ2v) is 9.62. The normalized spacial score (nSPS) is 13.2. The molecule has 2 aromatic carbocycles. The Labute approximate surface area is 199 Å². The number of methoxy groups -OCH3 is 1. The van der Waals surface area contributed by atoms with Crippen molar-refractivity contribution in [2.75, 3.05) is 7.11 Å². The number of carbonyl (C=O) groups excluding carboxylic acids is 1. The minimum atomic E-state index is -0.0757. The SMILES string of the molecule is COc1cc(C=Nc2sc3c(c2C(=O)NCc2ccccc2)CCCC3)cc(I)c1O. The van der Waals surface area contributed by atoms with E-state index < -0.39 is 0 Å². The first-order chi connectivity index (χ1) is 15.1. The van der Waals surface area contributed by atoms with Crippen LogP contribution in [-0.4, -0.2) is 24.3 Å². The molecule has 1 aliphatic carbocycles. The second-order valence-electron chi connectivity index (χ2n) is 7.37. The number of phenolic OH excluding ortho intramolecular Hbond substituents is 1. The number of rotatable bonds is 6. The summed E-state index contributed by atoms with van der Waals surface area (Å²) < 4.78 is 5.93. The van der Waals surface area contributed by atoms with Crippen molar-refractivity contribution in [3.05, 3.63) is 73.2 Å². The summed E-state index contributed by atoms with van der Waals surface area (Å²) in [6.45, 7) is 0.487. The van der Waals surface area contributed by atoms with Gasteiger partial charge < -0.3 is 15.2 Å². The van der Waals surface area contributed by atoms with Gasteiger partial charge in [-0.1, -0.05) is 30.3 Å². The molecule has 0 spiro atoms. The second kappa shape index (κ2) is 9.82. The van der Waals surface area contributed by atoms with Gasteiger partial charge in [-0.15, -0.1) is 11.3 Å². The van der Waals surface area contributed by atoms with Crippen LogP contribution in [0.15, 0.2) is 47.5 Å². The number of aliphatic imine (C=N–C) groups is 1. The minimum Gasteiger partial charge on any atom is -0.504 e. The average molecular weight is 546 g/mol. The van der Waals surface area contributed by atoms with Gasteiger partial charge in [0.25, 0.3) is 5.91 Å². The van der Waals surface area contributed by atoms with E-state index in [0.29, 0.717) is 21.4 Å². The van der Waals surface area contributed by atoms with Gasteiger partial charge in [0.2, 0.25) is 0 Å². The predicted molar refractivity (Wildman–Crippen MR) is 133 cm³/mol. The van der Waals surface area contributed by atoms with Crippen LogP contribution in [0.2, 0.25) is 0 Å². The Hall–Kier alpha value is -2.39. The van der Waals surface area contributed by atoms with E-state index in [1.54, 1.807) is 23.6 Å². The third-order valence-corrected chi connectivity index (χ3v) is 7.30. The first-order valence-electron chi connectivity index (χ1n) is 10.1. The van der Waals surface area contributed by atoms with Gasteiger partial charge in [-0.3, -0.25) is 4.79 Å². The molecule has 0 bridgehead atoms. The number of benzene rings is 2. The van der Waals surface area contributed by atoms with Gasteiger partial charge in [-0.25, -0.2) is 4.99 Å². The van der Waals surface area contributed by atoms with Gasteiger partial charge in [-0.05, 0) is 77.1 Å². The highest BCUT2D eigenvalue weighted by molar-refractivity contribution is 14.1. The van der Waals surface area contributed by atoms with E-state index in [2.05, 4.69) is 27.9 Å². The molecule has 1 aliphatic rings. The fourth-order valence-corrected chi connectivity index (χ4v) is 5.56. The molecular weight excluding hydrogens is 523 g/mol. The summed E-state index contributed by atoms with van der Waals surface area (Å²) in [5.74, 6) is 0.445. The Kier molecular flexibility index (Phi) is 6.92.